The summed E-state index contributed by atoms with van der Waals surface area (Å²) in [6.45, 7) is 5.97. The van der Waals surface area contributed by atoms with Crippen LogP contribution in [0.3, 0.4) is 0 Å². The van der Waals surface area contributed by atoms with Gasteiger partial charge in [0.15, 0.2) is 6.10 Å². The number of rotatable bonds is 7. The third-order valence-corrected chi connectivity index (χ3v) is 3.68. The first-order chi connectivity index (χ1) is 12.5. The van der Waals surface area contributed by atoms with E-state index in [1.807, 2.05) is 38.1 Å². The molecule has 1 atom stereocenters. The van der Waals surface area contributed by atoms with Gasteiger partial charge in [-0.2, -0.15) is 0 Å². The Hall–Kier alpha value is -3.08. The molecule has 0 heterocycles. The van der Waals surface area contributed by atoms with E-state index in [0.29, 0.717) is 12.3 Å². The summed E-state index contributed by atoms with van der Waals surface area (Å²) in [6.07, 6.45) is 2.09. The van der Waals surface area contributed by atoms with Crippen LogP contribution in [0.15, 0.2) is 54.6 Å². The van der Waals surface area contributed by atoms with Crippen LogP contribution < -0.4 is 10.1 Å². The van der Waals surface area contributed by atoms with E-state index >= 15 is 0 Å². The lowest BCUT2D eigenvalue weighted by Gasteiger charge is -2.12. The van der Waals surface area contributed by atoms with Gasteiger partial charge in [-0.25, -0.2) is 4.79 Å². The molecule has 2 rings (SSSR count). The first-order valence-corrected chi connectivity index (χ1v) is 8.47. The van der Waals surface area contributed by atoms with E-state index in [2.05, 4.69) is 5.32 Å². The molecule has 1 amide bonds. The van der Waals surface area contributed by atoms with Crippen molar-refractivity contribution in [3.63, 3.8) is 0 Å². The molecule has 0 aliphatic rings. The second-order valence-corrected chi connectivity index (χ2v) is 5.72. The van der Waals surface area contributed by atoms with Gasteiger partial charge in [0.25, 0.3) is 5.91 Å². The van der Waals surface area contributed by atoms with Crippen LogP contribution in [0.4, 0.5) is 5.69 Å². The van der Waals surface area contributed by atoms with Gasteiger partial charge in [-0.15, -0.1) is 0 Å². The molecule has 5 heteroatoms. The van der Waals surface area contributed by atoms with Crippen molar-refractivity contribution in [1.82, 2.24) is 0 Å². The van der Waals surface area contributed by atoms with Crippen molar-refractivity contribution in [1.29, 1.82) is 0 Å². The highest BCUT2D eigenvalue weighted by Gasteiger charge is 2.16. The fraction of sp³-hybridized carbons (Fsp3) is 0.238. The molecule has 136 valence electrons. The number of ether oxygens (including phenoxy) is 2. The highest BCUT2D eigenvalue weighted by Crippen LogP contribution is 2.16. The van der Waals surface area contributed by atoms with Crippen LogP contribution >= 0.6 is 0 Å². The zero-order chi connectivity index (χ0) is 18.9. The number of anilines is 1. The Labute approximate surface area is 153 Å². The lowest BCUT2D eigenvalue weighted by Crippen LogP contribution is -2.29. The van der Waals surface area contributed by atoms with Crippen LogP contribution in [-0.2, 0) is 14.3 Å². The molecule has 2 aromatic carbocycles. The molecular formula is C21H23NO4. The predicted molar refractivity (Wildman–Crippen MR) is 102 cm³/mol. The van der Waals surface area contributed by atoms with Gasteiger partial charge in [0.1, 0.15) is 5.75 Å². The van der Waals surface area contributed by atoms with Crippen molar-refractivity contribution in [3.05, 3.63) is 65.7 Å². The van der Waals surface area contributed by atoms with Gasteiger partial charge in [0.05, 0.1) is 6.61 Å². The predicted octanol–water partition coefficient (Wildman–Crippen LogP) is 3.98. The highest BCUT2D eigenvalue weighted by molar-refractivity contribution is 5.96. The molecule has 0 aromatic heterocycles. The van der Waals surface area contributed by atoms with Gasteiger partial charge < -0.3 is 14.8 Å². The molecule has 0 spiro atoms. The van der Waals surface area contributed by atoms with Crippen molar-refractivity contribution >= 4 is 23.6 Å². The molecule has 0 radical (unpaired) electrons. The Morgan fingerprint density at radius 3 is 2.46 bits per heavy atom. The number of nitrogens with one attached hydrogen (secondary N) is 1. The lowest BCUT2D eigenvalue weighted by atomic mass is 10.1. The van der Waals surface area contributed by atoms with Gasteiger partial charge in [-0.05, 0) is 62.2 Å². The Kier molecular flexibility index (Phi) is 6.97. The molecule has 1 N–H and O–H groups in total. The van der Waals surface area contributed by atoms with E-state index in [0.717, 1.165) is 16.9 Å². The summed E-state index contributed by atoms with van der Waals surface area (Å²) in [7, 11) is 0. The van der Waals surface area contributed by atoms with Crippen molar-refractivity contribution in [2.45, 2.75) is 26.9 Å². The fourth-order valence-corrected chi connectivity index (χ4v) is 2.24. The summed E-state index contributed by atoms with van der Waals surface area (Å²) in [5.41, 5.74) is 2.59. The van der Waals surface area contributed by atoms with E-state index in [1.54, 1.807) is 30.3 Å². The van der Waals surface area contributed by atoms with E-state index in [-0.39, 0.29) is 0 Å². The van der Waals surface area contributed by atoms with Crippen LogP contribution in [0.25, 0.3) is 6.08 Å². The lowest BCUT2D eigenvalue weighted by molar-refractivity contribution is -0.148. The topological polar surface area (TPSA) is 64.6 Å². The summed E-state index contributed by atoms with van der Waals surface area (Å²) < 4.78 is 10.5. The number of benzene rings is 2. The average Bonchev–Trinajstić information content (AvgIpc) is 2.63. The maximum absolute atomic E-state index is 12.1. The SMILES string of the molecule is CCOc1ccc(NC(=O)[C@@H](C)OC(=O)/C=C/c2ccccc2C)cc1. The molecule has 5 nitrogen and oxygen atoms in total. The normalized spacial score (nSPS) is 11.8. The Morgan fingerprint density at radius 2 is 1.81 bits per heavy atom. The third-order valence-electron chi connectivity index (χ3n) is 3.68. The molecule has 0 bridgehead atoms. The minimum Gasteiger partial charge on any atom is -0.494 e. The van der Waals surface area contributed by atoms with Crippen LogP contribution in [0, 0.1) is 6.92 Å². The first-order valence-electron chi connectivity index (χ1n) is 8.47. The van der Waals surface area contributed by atoms with Crippen molar-refractivity contribution < 1.29 is 19.1 Å². The van der Waals surface area contributed by atoms with E-state index in [4.69, 9.17) is 9.47 Å². The van der Waals surface area contributed by atoms with Crippen LogP contribution in [-0.4, -0.2) is 24.6 Å². The maximum atomic E-state index is 12.1. The number of carbonyl (C=O) groups excluding carboxylic acids is 2. The summed E-state index contributed by atoms with van der Waals surface area (Å²) >= 11 is 0. The quantitative estimate of drug-likeness (QED) is 0.604. The minimum absolute atomic E-state index is 0.396. The smallest absolute Gasteiger partial charge is 0.331 e. The largest absolute Gasteiger partial charge is 0.494 e. The summed E-state index contributed by atoms with van der Waals surface area (Å²) in [6, 6.07) is 14.7. The number of aryl methyl sites for hydroxylation is 1. The van der Waals surface area contributed by atoms with Gasteiger partial charge in [0.2, 0.25) is 0 Å². The number of amides is 1. The van der Waals surface area contributed by atoms with Gasteiger partial charge in [0, 0.05) is 11.8 Å². The van der Waals surface area contributed by atoms with Crippen molar-refractivity contribution in [2.24, 2.45) is 0 Å². The Bertz CT molecular complexity index is 781. The number of carbonyl (C=O) groups is 2. The zero-order valence-electron chi connectivity index (χ0n) is 15.2. The second kappa shape index (κ2) is 9.42. The van der Waals surface area contributed by atoms with Gasteiger partial charge in [-0.3, -0.25) is 4.79 Å². The van der Waals surface area contributed by atoms with E-state index < -0.39 is 18.0 Å². The minimum atomic E-state index is -0.907. The third kappa shape index (κ3) is 5.77. The molecule has 0 aliphatic heterocycles. The summed E-state index contributed by atoms with van der Waals surface area (Å²) in [5.74, 6) is -0.235. The number of hydrogen-bond donors (Lipinski definition) is 1. The zero-order valence-corrected chi connectivity index (χ0v) is 15.2. The first kappa shape index (κ1) is 19.2. The molecule has 0 aliphatic carbocycles. The summed E-state index contributed by atoms with van der Waals surface area (Å²) in [4.78, 5) is 24.0. The molecule has 0 saturated carbocycles. The molecule has 0 saturated heterocycles. The van der Waals surface area contributed by atoms with Gasteiger partial charge in [-0.1, -0.05) is 24.3 Å². The van der Waals surface area contributed by atoms with E-state index in [1.165, 1.54) is 13.0 Å². The second-order valence-electron chi connectivity index (χ2n) is 5.72. The van der Waals surface area contributed by atoms with Crippen LogP contribution in [0.2, 0.25) is 0 Å². The fourth-order valence-electron chi connectivity index (χ4n) is 2.24. The molecule has 0 fully saturated rings. The Morgan fingerprint density at radius 1 is 1.12 bits per heavy atom. The van der Waals surface area contributed by atoms with Crippen LogP contribution in [0.5, 0.6) is 5.75 Å². The molecule has 0 unspecified atom stereocenters. The number of hydrogen-bond acceptors (Lipinski definition) is 4. The maximum Gasteiger partial charge on any atom is 0.331 e. The van der Waals surface area contributed by atoms with E-state index in [9.17, 15) is 9.59 Å². The monoisotopic (exact) mass is 353 g/mol. The standard InChI is InChI=1S/C21H23NO4/c1-4-25-19-12-10-18(11-13-19)22-21(24)16(3)26-20(23)14-9-17-8-6-5-7-15(17)2/h5-14,16H,4H2,1-3H3,(H,22,24)/b14-9+/t16-/m1/s1. The average molecular weight is 353 g/mol. The molecule has 26 heavy (non-hydrogen) atoms. The van der Waals surface area contributed by atoms with Crippen molar-refractivity contribution in [2.75, 3.05) is 11.9 Å². The number of esters is 1. The summed E-state index contributed by atoms with van der Waals surface area (Å²) in [5, 5.41) is 2.70. The molecule has 2 aromatic rings. The van der Waals surface area contributed by atoms with Gasteiger partial charge >= 0.3 is 5.97 Å². The Balaban J connectivity index is 1.87. The molecular weight excluding hydrogens is 330 g/mol. The van der Waals surface area contributed by atoms with Crippen LogP contribution in [0.1, 0.15) is 25.0 Å². The highest BCUT2D eigenvalue weighted by atomic mass is 16.5. The van der Waals surface area contributed by atoms with Crippen molar-refractivity contribution in [3.8, 4) is 5.75 Å².